The monoisotopic (exact) mass is 270 g/mol. The van der Waals surface area contributed by atoms with Crippen molar-refractivity contribution in [3.05, 3.63) is 29.0 Å². The molecule has 0 saturated heterocycles. The van der Waals surface area contributed by atoms with E-state index >= 15 is 0 Å². The fourth-order valence-corrected chi connectivity index (χ4v) is 3.35. The second kappa shape index (κ2) is 6.07. The Hall–Kier alpha value is -0.250. The van der Waals surface area contributed by atoms with Gasteiger partial charge in [0.15, 0.2) is 0 Å². The molecule has 0 radical (unpaired) electrons. The minimum atomic E-state index is 0.569. The summed E-state index contributed by atoms with van der Waals surface area (Å²) in [6.07, 6.45) is 8.09. The van der Waals surface area contributed by atoms with Crippen molar-refractivity contribution in [1.29, 1.82) is 0 Å². The van der Waals surface area contributed by atoms with Crippen molar-refractivity contribution in [1.82, 2.24) is 9.88 Å². The fraction of sp³-hybridized carbons (Fsp3) is 0.615. The highest BCUT2D eigenvalue weighted by molar-refractivity contribution is 7.99. The zero-order valence-electron chi connectivity index (χ0n) is 10.4. The number of thioether (sulfide) groups is 1. The maximum atomic E-state index is 5.79. The van der Waals surface area contributed by atoms with Gasteiger partial charge in [-0.05, 0) is 44.2 Å². The third-order valence-corrected chi connectivity index (χ3v) is 4.85. The summed E-state index contributed by atoms with van der Waals surface area (Å²) in [5, 5.41) is 1.42. The molecule has 0 N–H and O–H groups in total. The largest absolute Gasteiger partial charge is 0.299 e. The number of nitrogens with zero attached hydrogens (tertiary/aromatic N) is 2. The van der Waals surface area contributed by atoms with Crippen molar-refractivity contribution in [2.24, 2.45) is 0 Å². The van der Waals surface area contributed by atoms with E-state index in [4.69, 9.17) is 11.6 Å². The molecule has 0 amide bonds. The van der Waals surface area contributed by atoms with Crippen LogP contribution in [-0.4, -0.2) is 34.5 Å². The van der Waals surface area contributed by atoms with Crippen LogP contribution in [0.25, 0.3) is 0 Å². The molecule has 0 aromatic carbocycles. The van der Waals surface area contributed by atoms with E-state index < -0.39 is 0 Å². The summed E-state index contributed by atoms with van der Waals surface area (Å²) in [4.78, 5) is 6.57. The van der Waals surface area contributed by atoms with Crippen molar-refractivity contribution in [2.75, 3.05) is 13.3 Å². The van der Waals surface area contributed by atoms with Gasteiger partial charge in [0.05, 0.1) is 0 Å². The Morgan fingerprint density at radius 1 is 1.47 bits per heavy atom. The van der Waals surface area contributed by atoms with Crippen molar-refractivity contribution < 1.29 is 0 Å². The number of hydrogen-bond acceptors (Lipinski definition) is 3. The molecule has 4 heteroatoms. The summed E-state index contributed by atoms with van der Waals surface area (Å²) < 4.78 is 0. The lowest BCUT2D eigenvalue weighted by atomic mass is 10.2. The van der Waals surface area contributed by atoms with E-state index in [2.05, 4.69) is 29.3 Å². The van der Waals surface area contributed by atoms with Gasteiger partial charge < -0.3 is 0 Å². The summed E-state index contributed by atoms with van der Waals surface area (Å²) in [7, 11) is 2.21. The summed E-state index contributed by atoms with van der Waals surface area (Å²) >= 11 is 7.79. The first-order chi connectivity index (χ1) is 8.19. The highest BCUT2D eigenvalue weighted by Crippen LogP contribution is 2.31. The normalized spacial score (nSPS) is 24.5. The molecule has 0 spiro atoms. The molecule has 2 atom stereocenters. The molecule has 1 saturated carbocycles. The maximum Gasteiger partial charge on any atom is 0.129 e. The Kier molecular flexibility index (Phi) is 4.71. The van der Waals surface area contributed by atoms with Gasteiger partial charge in [0.25, 0.3) is 0 Å². The number of hydrogen-bond donors (Lipinski definition) is 0. The molecule has 1 aromatic heterocycles. The van der Waals surface area contributed by atoms with Crippen LogP contribution in [-0.2, 0) is 6.54 Å². The molecular formula is C13H19ClN2S. The van der Waals surface area contributed by atoms with Gasteiger partial charge in [-0.1, -0.05) is 17.7 Å². The molecule has 2 nitrogen and oxygen atoms in total. The SMILES string of the molecule is CSC1CCC(N(C)Cc2ccc(Cl)nc2)C1. The van der Waals surface area contributed by atoms with Crippen LogP contribution in [0.15, 0.2) is 18.3 Å². The standard InChI is InChI=1S/C13H19ClN2S/c1-16(11-4-5-12(7-11)17-2)9-10-3-6-13(14)15-8-10/h3,6,8,11-12H,4-5,7,9H2,1-2H3. The Bertz CT molecular complexity index is 355. The average Bonchev–Trinajstić information content (AvgIpc) is 2.81. The lowest BCUT2D eigenvalue weighted by Gasteiger charge is -2.24. The van der Waals surface area contributed by atoms with Crippen molar-refractivity contribution in [2.45, 2.75) is 37.1 Å². The first-order valence-electron chi connectivity index (χ1n) is 6.02. The molecule has 2 rings (SSSR count). The van der Waals surface area contributed by atoms with Crippen LogP contribution in [0.4, 0.5) is 0 Å². The minimum Gasteiger partial charge on any atom is -0.299 e. The van der Waals surface area contributed by atoms with E-state index in [0.29, 0.717) is 5.15 Å². The number of rotatable bonds is 4. The Labute approximate surface area is 113 Å². The van der Waals surface area contributed by atoms with Crippen molar-refractivity contribution >= 4 is 23.4 Å². The molecule has 2 unspecified atom stereocenters. The lowest BCUT2D eigenvalue weighted by Crippen LogP contribution is -2.29. The smallest absolute Gasteiger partial charge is 0.129 e. The number of pyridine rings is 1. The Balaban J connectivity index is 1.89. The van der Waals surface area contributed by atoms with Crippen molar-refractivity contribution in [3.63, 3.8) is 0 Å². The lowest BCUT2D eigenvalue weighted by molar-refractivity contribution is 0.237. The maximum absolute atomic E-state index is 5.79. The van der Waals surface area contributed by atoms with Crippen LogP contribution >= 0.6 is 23.4 Å². The van der Waals surface area contributed by atoms with Gasteiger partial charge in [-0.2, -0.15) is 11.8 Å². The van der Waals surface area contributed by atoms with E-state index in [9.17, 15) is 0 Å². The second-order valence-electron chi connectivity index (χ2n) is 4.73. The molecule has 1 aromatic rings. The highest BCUT2D eigenvalue weighted by Gasteiger charge is 2.26. The molecule has 1 aliphatic rings. The summed E-state index contributed by atoms with van der Waals surface area (Å²) in [6.45, 7) is 0.968. The zero-order valence-corrected chi connectivity index (χ0v) is 12.0. The molecule has 1 aliphatic carbocycles. The number of halogens is 1. The van der Waals surface area contributed by atoms with Crippen LogP contribution < -0.4 is 0 Å². The predicted octanol–water partition coefficient (Wildman–Crippen LogP) is 3.45. The van der Waals surface area contributed by atoms with Crippen molar-refractivity contribution in [3.8, 4) is 0 Å². The van der Waals surface area contributed by atoms with Crippen LogP contribution in [0, 0.1) is 0 Å². The van der Waals surface area contributed by atoms with E-state index in [0.717, 1.165) is 17.8 Å². The Morgan fingerprint density at radius 2 is 2.29 bits per heavy atom. The molecule has 0 bridgehead atoms. The van der Waals surface area contributed by atoms with E-state index in [1.807, 2.05) is 24.0 Å². The van der Waals surface area contributed by atoms with Gasteiger partial charge in [0.2, 0.25) is 0 Å². The molecular weight excluding hydrogens is 252 g/mol. The molecule has 17 heavy (non-hydrogen) atoms. The third-order valence-electron chi connectivity index (χ3n) is 3.53. The third kappa shape index (κ3) is 3.60. The highest BCUT2D eigenvalue weighted by atomic mass is 35.5. The average molecular weight is 271 g/mol. The van der Waals surface area contributed by atoms with Gasteiger partial charge in [-0.15, -0.1) is 0 Å². The predicted molar refractivity (Wildman–Crippen MR) is 75.7 cm³/mol. The zero-order chi connectivity index (χ0) is 12.3. The fourth-order valence-electron chi connectivity index (χ4n) is 2.45. The van der Waals surface area contributed by atoms with E-state index in [-0.39, 0.29) is 0 Å². The van der Waals surface area contributed by atoms with Gasteiger partial charge in [0, 0.05) is 24.0 Å². The number of aromatic nitrogens is 1. The summed E-state index contributed by atoms with van der Waals surface area (Å²) in [6, 6.07) is 4.65. The van der Waals surface area contributed by atoms with Gasteiger partial charge in [0.1, 0.15) is 5.15 Å². The molecule has 1 heterocycles. The van der Waals surface area contributed by atoms with Gasteiger partial charge in [-0.3, -0.25) is 4.90 Å². The van der Waals surface area contributed by atoms with Crippen LogP contribution in [0.5, 0.6) is 0 Å². The van der Waals surface area contributed by atoms with E-state index in [1.54, 1.807) is 0 Å². The first kappa shape index (κ1) is 13.2. The van der Waals surface area contributed by atoms with Crippen LogP contribution in [0.2, 0.25) is 5.15 Å². The quantitative estimate of drug-likeness (QED) is 0.780. The summed E-state index contributed by atoms with van der Waals surface area (Å²) in [5.41, 5.74) is 1.24. The molecule has 94 valence electrons. The van der Waals surface area contributed by atoms with Crippen LogP contribution in [0.3, 0.4) is 0 Å². The van der Waals surface area contributed by atoms with Gasteiger partial charge in [-0.25, -0.2) is 4.98 Å². The first-order valence-corrected chi connectivity index (χ1v) is 7.69. The minimum absolute atomic E-state index is 0.569. The van der Waals surface area contributed by atoms with E-state index in [1.165, 1.54) is 24.8 Å². The molecule has 0 aliphatic heterocycles. The van der Waals surface area contributed by atoms with Crippen LogP contribution in [0.1, 0.15) is 24.8 Å². The molecule has 1 fully saturated rings. The summed E-state index contributed by atoms with van der Waals surface area (Å²) in [5.74, 6) is 0. The second-order valence-corrected chi connectivity index (χ2v) is 6.25. The van der Waals surface area contributed by atoms with Gasteiger partial charge >= 0.3 is 0 Å². The Morgan fingerprint density at radius 3 is 2.88 bits per heavy atom. The topological polar surface area (TPSA) is 16.1 Å².